The van der Waals surface area contributed by atoms with E-state index in [9.17, 15) is 10.4 Å². The molecule has 0 radical (unpaired) electrons. The van der Waals surface area contributed by atoms with E-state index in [1.807, 2.05) is 4.90 Å². The maximum Gasteiger partial charge on any atom is 0.101 e. The van der Waals surface area contributed by atoms with Gasteiger partial charge in [0.15, 0.2) is 0 Å². The number of nitrogens with one attached hydrogen (secondary N) is 1. The molecule has 2 N–H and O–H groups in total. The maximum atomic E-state index is 9.23. The third-order valence-electron chi connectivity index (χ3n) is 3.39. The van der Waals surface area contributed by atoms with Crippen LogP contribution < -0.4 is 10.2 Å². The van der Waals surface area contributed by atoms with Crippen molar-refractivity contribution < 1.29 is 5.11 Å². The Morgan fingerprint density at radius 2 is 2.37 bits per heavy atom. The van der Waals surface area contributed by atoms with Crippen LogP contribution in [0.3, 0.4) is 0 Å². The van der Waals surface area contributed by atoms with Gasteiger partial charge in [0.2, 0.25) is 0 Å². The van der Waals surface area contributed by atoms with Crippen molar-refractivity contribution >= 4 is 17.3 Å². The summed E-state index contributed by atoms with van der Waals surface area (Å²) in [4.78, 5) is 2.04. The summed E-state index contributed by atoms with van der Waals surface area (Å²) in [6, 6.07) is 7.84. The van der Waals surface area contributed by atoms with E-state index >= 15 is 0 Å². The lowest BCUT2D eigenvalue weighted by atomic mass is 10.1. The van der Waals surface area contributed by atoms with Crippen LogP contribution in [0.5, 0.6) is 0 Å². The van der Waals surface area contributed by atoms with E-state index in [-0.39, 0.29) is 6.61 Å². The number of aliphatic hydroxyl groups is 1. The number of anilines is 1. The average molecular weight is 280 g/mol. The molecule has 4 nitrogen and oxygen atoms in total. The summed E-state index contributed by atoms with van der Waals surface area (Å²) in [5.74, 6) is 0. The zero-order chi connectivity index (χ0) is 13.7. The summed E-state index contributed by atoms with van der Waals surface area (Å²) in [7, 11) is 0. The zero-order valence-electron chi connectivity index (χ0n) is 10.8. The molecule has 1 aromatic rings. The monoisotopic (exact) mass is 279 g/mol. The fraction of sp³-hybridized carbons (Fsp3) is 0.500. The number of halogens is 1. The van der Waals surface area contributed by atoms with E-state index in [4.69, 9.17) is 11.6 Å². The first-order chi connectivity index (χ1) is 9.24. The average Bonchev–Trinajstić information content (AvgIpc) is 2.91. The van der Waals surface area contributed by atoms with Crippen molar-refractivity contribution in [3.63, 3.8) is 0 Å². The molecule has 1 unspecified atom stereocenters. The minimum absolute atomic E-state index is 0.0596. The number of hydrogen-bond acceptors (Lipinski definition) is 4. The molecule has 1 saturated heterocycles. The standard InChI is InChI=1S/C14H18ClN3O/c15-12-4-3-11(9-16)14(8-12)18(6-7-19)10-13-2-1-5-17-13/h3-4,8,13,17,19H,1-2,5-7,10H2. The molecule has 1 aliphatic heterocycles. The fourth-order valence-electron chi connectivity index (χ4n) is 2.47. The number of benzene rings is 1. The Hall–Kier alpha value is -1.28. The van der Waals surface area contributed by atoms with E-state index in [0.717, 1.165) is 25.2 Å². The van der Waals surface area contributed by atoms with Crippen LogP contribution in [0.15, 0.2) is 18.2 Å². The zero-order valence-corrected chi connectivity index (χ0v) is 11.5. The summed E-state index contributed by atoms with van der Waals surface area (Å²) >= 11 is 6.02. The van der Waals surface area contributed by atoms with Gasteiger partial charge in [0.1, 0.15) is 6.07 Å². The Bertz CT molecular complexity index is 466. The highest BCUT2D eigenvalue weighted by Gasteiger charge is 2.19. The first-order valence-electron chi connectivity index (χ1n) is 6.53. The van der Waals surface area contributed by atoms with Crippen molar-refractivity contribution in [2.75, 3.05) is 31.1 Å². The van der Waals surface area contributed by atoms with Gasteiger partial charge in [-0.05, 0) is 37.6 Å². The van der Waals surface area contributed by atoms with Crippen molar-refractivity contribution in [2.45, 2.75) is 18.9 Å². The van der Waals surface area contributed by atoms with Gasteiger partial charge in [0.25, 0.3) is 0 Å². The minimum atomic E-state index is 0.0596. The Kier molecular flexibility index (Phi) is 5.03. The highest BCUT2D eigenvalue weighted by atomic mass is 35.5. The molecule has 0 aromatic heterocycles. The smallest absolute Gasteiger partial charge is 0.101 e. The van der Waals surface area contributed by atoms with Crippen molar-refractivity contribution in [3.8, 4) is 6.07 Å². The predicted molar refractivity (Wildman–Crippen MR) is 76.5 cm³/mol. The number of nitriles is 1. The van der Waals surface area contributed by atoms with Gasteiger partial charge in [-0.25, -0.2) is 0 Å². The van der Waals surface area contributed by atoms with Crippen LogP contribution in [0.2, 0.25) is 5.02 Å². The minimum Gasteiger partial charge on any atom is -0.395 e. The number of hydrogen-bond donors (Lipinski definition) is 2. The van der Waals surface area contributed by atoms with Gasteiger partial charge in [0.05, 0.1) is 17.9 Å². The van der Waals surface area contributed by atoms with Crippen molar-refractivity contribution in [1.82, 2.24) is 5.32 Å². The van der Waals surface area contributed by atoms with Gasteiger partial charge in [-0.2, -0.15) is 5.26 Å². The van der Waals surface area contributed by atoms with Gasteiger partial charge in [-0.1, -0.05) is 11.6 Å². The van der Waals surface area contributed by atoms with Crippen LogP contribution in [0.25, 0.3) is 0 Å². The quantitative estimate of drug-likeness (QED) is 0.862. The Morgan fingerprint density at radius 1 is 1.53 bits per heavy atom. The Morgan fingerprint density at radius 3 is 3.00 bits per heavy atom. The van der Waals surface area contributed by atoms with E-state index in [1.165, 1.54) is 6.42 Å². The third kappa shape index (κ3) is 3.60. The first-order valence-corrected chi connectivity index (χ1v) is 6.91. The lowest BCUT2D eigenvalue weighted by Crippen LogP contribution is -2.39. The third-order valence-corrected chi connectivity index (χ3v) is 3.63. The Labute approximate surface area is 118 Å². The van der Waals surface area contributed by atoms with Gasteiger partial charge < -0.3 is 15.3 Å². The summed E-state index contributed by atoms with van der Waals surface area (Å²) in [5, 5.41) is 22.5. The highest BCUT2D eigenvalue weighted by molar-refractivity contribution is 6.30. The van der Waals surface area contributed by atoms with Crippen molar-refractivity contribution in [2.24, 2.45) is 0 Å². The number of aliphatic hydroxyl groups excluding tert-OH is 1. The molecular weight excluding hydrogens is 262 g/mol. The molecule has 0 amide bonds. The highest BCUT2D eigenvalue weighted by Crippen LogP contribution is 2.25. The summed E-state index contributed by atoms with van der Waals surface area (Å²) in [6.07, 6.45) is 2.31. The second-order valence-electron chi connectivity index (χ2n) is 4.74. The predicted octanol–water partition coefficient (Wildman–Crippen LogP) is 1.76. The lowest BCUT2D eigenvalue weighted by molar-refractivity contribution is 0.300. The van der Waals surface area contributed by atoms with Crippen LogP contribution >= 0.6 is 11.6 Å². The molecule has 102 valence electrons. The summed E-state index contributed by atoms with van der Waals surface area (Å²) in [6.45, 7) is 2.39. The normalized spacial score (nSPS) is 18.3. The first kappa shape index (κ1) is 14.1. The second kappa shape index (κ2) is 6.76. The molecule has 0 aliphatic carbocycles. The topological polar surface area (TPSA) is 59.3 Å². The Balaban J connectivity index is 2.22. The molecule has 1 fully saturated rings. The molecule has 1 aliphatic rings. The van der Waals surface area contributed by atoms with Gasteiger partial charge in [-0.15, -0.1) is 0 Å². The second-order valence-corrected chi connectivity index (χ2v) is 5.17. The molecule has 0 bridgehead atoms. The molecule has 1 heterocycles. The van der Waals surface area contributed by atoms with E-state index in [0.29, 0.717) is 23.2 Å². The van der Waals surface area contributed by atoms with Crippen LogP contribution in [0.1, 0.15) is 18.4 Å². The molecule has 19 heavy (non-hydrogen) atoms. The molecular formula is C14H18ClN3O. The number of rotatable bonds is 5. The molecule has 0 saturated carbocycles. The molecule has 2 rings (SSSR count). The van der Waals surface area contributed by atoms with E-state index in [1.54, 1.807) is 18.2 Å². The van der Waals surface area contributed by atoms with E-state index in [2.05, 4.69) is 11.4 Å². The fourth-order valence-corrected chi connectivity index (χ4v) is 2.64. The maximum absolute atomic E-state index is 9.23. The SMILES string of the molecule is N#Cc1ccc(Cl)cc1N(CCO)CC1CCCN1. The molecule has 5 heteroatoms. The van der Waals surface area contributed by atoms with Gasteiger partial charge in [-0.3, -0.25) is 0 Å². The summed E-state index contributed by atoms with van der Waals surface area (Å²) in [5.41, 5.74) is 1.40. The van der Waals surface area contributed by atoms with Crippen LogP contribution in [-0.2, 0) is 0 Å². The van der Waals surface area contributed by atoms with Crippen LogP contribution in [-0.4, -0.2) is 37.4 Å². The van der Waals surface area contributed by atoms with E-state index < -0.39 is 0 Å². The van der Waals surface area contributed by atoms with Crippen molar-refractivity contribution in [3.05, 3.63) is 28.8 Å². The number of nitrogens with zero attached hydrogens (tertiary/aromatic N) is 2. The lowest BCUT2D eigenvalue weighted by Gasteiger charge is -2.28. The van der Waals surface area contributed by atoms with Gasteiger partial charge in [0, 0.05) is 24.2 Å². The molecule has 1 atom stereocenters. The molecule has 0 spiro atoms. The summed E-state index contributed by atoms with van der Waals surface area (Å²) < 4.78 is 0. The van der Waals surface area contributed by atoms with Crippen LogP contribution in [0, 0.1) is 11.3 Å². The largest absolute Gasteiger partial charge is 0.395 e. The van der Waals surface area contributed by atoms with Crippen molar-refractivity contribution in [1.29, 1.82) is 5.26 Å². The van der Waals surface area contributed by atoms with Crippen LogP contribution in [0.4, 0.5) is 5.69 Å². The van der Waals surface area contributed by atoms with Gasteiger partial charge >= 0.3 is 0 Å². The molecule has 1 aromatic carbocycles.